The zero-order valence-electron chi connectivity index (χ0n) is 11.0. The van der Waals surface area contributed by atoms with Gasteiger partial charge in [0.1, 0.15) is 5.69 Å². The fourth-order valence-corrected chi connectivity index (χ4v) is 2.51. The Bertz CT molecular complexity index is 416. The van der Waals surface area contributed by atoms with E-state index in [9.17, 15) is 9.90 Å². The van der Waals surface area contributed by atoms with E-state index in [4.69, 9.17) is 0 Å². The molecular formula is C13H21N3O2. The summed E-state index contributed by atoms with van der Waals surface area (Å²) in [6, 6.07) is 1.80. The number of aromatic amines is 1. The standard InChI is InChI=1S/C13H21N3O2/c1-3-10-7-11(15-14-10)13(18)16(2)8-9-5-4-6-12(9)17/h7,9,12,17H,3-6,8H2,1-2H3,(H,14,15). The molecule has 18 heavy (non-hydrogen) atoms. The van der Waals surface area contributed by atoms with E-state index in [1.807, 2.05) is 6.92 Å². The van der Waals surface area contributed by atoms with Crippen molar-refractivity contribution in [3.05, 3.63) is 17.5 Å². The summed E-state index contributed by atoms with van der Waals surface area (Å²) in [5, 5.41) is 16.6. The molecule has 0 aliphatic heterocycles. The molecule has 100 valence electrons. The summed E-state index contributed by atoms with van der Waals surface area (Å²) >= 11 is 0. The summed E-state index contributed by atoms with van der Waals surface area (Å²) in [7, 11) is 1.77. The third-order valence-corrected chi connectivity index (χ3v) is 3.70. The van der Waals surface area contributed by atoms with E-state index >= 15 is 0 Å². The predicted molar refractivity (Wildman–Crippen MR) is 68.3 cm³/mol. The third-order valence-electron chi connectivity index (χ3n) is 3.70. The fraction of sp³-hybridized carbons (Fsp3) is 0.692. The highest BCUT2D eigenvalue weighted by atomic mass is 16.3. The van der Waals surface area contributed by atoms with Crippen LogP contribution in [0.4, 0.5) is 0 Å². The van der Waals surface area contributed by atoms with Crippen LogP contribution >= 0.6 is 0 Å². The van der Waals surface area contributed by atoms with Gasteiger partial charge in [0.25, 0.3) is 5.91 Å². The molecule has 1 aromatic heterocycles. The normalized spacial score (nSPS) is 23.3. The summed E-state index contributed by atoms with van der Waals surface area (Å²) in [6.07, 6.45) is 3.49. The van der Waals surface area contributed by atoms with Gasteiger partial charge in [-0.2, -0.15) is 5.10 Å². The lowest BCUT2D eigenvalue weighted by Crippen LogP contribution is -2.34. The molecule has 1 aromatic rings. The summed E-state index contributed by atoms with van der Waals surface area (Å²) in [6.45, 7) is 2.62. The quantitative estimate of drug-likeness (QED) is 0.845. The molecule has 0 spiro atoms. The molecule has 2 N–H and O–H groups in total. The maximum atomic E-state index is 12.1. The highest BCUT2D eigenvalue weighted by Crippen LogP contribution is 2.26. The number of nitrogens with one attached hydrogen (secondary N) is 1. The van der Waals surface area contributed by atoms with Crippen molar-refractivity contribution in [2.24, 2.45) is 5.92 Å². The van der Waals surface area contributed by atoms with Crippen LogP contribution in [0.15, 0.2) is 6.07 Å². The molecule has 0 radical (unpaired) electrons. The first-order chi connectivity index (χ1) is 8.61. The Morgan fingerprint density at radius 2 is 2.39 bits per heavy atom. The Balaban J connectivity index is 1.95. The maximum absolute atomic E-state index is 12.1. The highest BCUT2D eigenvalue weighted by Gasteiger charge is 2.28. The molecule has 1 heterocycles. The average molecular weight is 251 g/mol. The van der Waals surface area contributed by atoms with E-state index < -0.39 is 0 Å². The molecule has 1 aliphatic carbocycles. The number of aliphatic hydroxyl groups excluding tert-OH is 1. The second kappa shape index (κ2) is 5.52. The molecule has 0 saturated heterocycles. The van der Waals surface area contributed by atoms with E-state index in [1.54, 1.807) is 18.0 Å². The van der Waals surface area contributed by atoms with E-state index in [0.717, 1.165) is 31.4 Å². The van der Waals surface area contributed by atoms with Crippen LogP contribution in [0, 0.1) is 5.92 Å². The second-order valence-electron chi connectivity index (χ2n) is 5.08. The van der Waals surface area contributed by atoms with Gasteiger partial charge in [0, 0.05) is 25.2 Å². The van der Waals surface area contributed by atoms with Crippen LogP contribution in [-0.2, 0) is 6.42 Å². The first-order valence-corrected chi connectivity index (χ1v) is 6.59. The molecule has 0 aromatic carbocycles. The van der Waals surface area contributed by atoms with Crippen LogP contribution in [0.1, 0.15) is 42.4 Å². The lowest BCUT2D eigenvalue weighted by Gasteiger charge is -2.22. The SMILES string of the molecule is CCc1cc(C(=O)N(C)CC2CCCC2O)n[nH]1. The van der Waals surface area contributed by atoms with Gasteiger partial charge in [0.15, 0.2) is 0 Å². The fourth-order valence-electron chi connectivity index (χ4n) is 2.51. The van der Waals surface area contributed by atoms with E-state index in [2.05, 4.69) is 10.2 Å². The minimum atomic E-state index is -0.259. The molecule has 5 nitrogen and oxygen atoms in total. The Labute approximate surface area is 107 Å². The average Bonchev–Trinajstić information content (AvgIpc) is 2.98. The highest BCUT2D eigenvalue weighted by molar-refractivity contribution is 5.92. The van der Waals surface area contributed by atoms with Gasteiger partial charge in [0.2, 0.25) is 0 Å². The lowest BCUT2D eigenvalue weighted by atomic mass is 10.1. The molecule has 1 fully saturated rings. The van der Waals surface area contributed by atoms with Crippen LogP contribution in [0.3, 0.4) is 0 Å². The maximum Gasteiger partial charge on any atom is 0.274 e. The number of aryl methyl sites for hydroxylation is 1. The number of H-pyrrole nitrogens is 1. The molecule has 1 saturated carbocycles. The molecule has 2 atom stereocenters. The Morgan fingerprint density at radius 3 is 2.94 bits per heavy atom. The number of rotatable bonds is 4. The smallest absolute Gasteiger partial charge is 0.274 e. The van der Waals surface area contributed by atoms with Gasteiger partial charge in [-0.25, -0.2) is 0 Å². The molecule has 2 rings (SSSR count). The van der Waals surface area contributed by atoms with Crippen LogP contribution in [0.25, 0.3) is 0 Å². The molecule has 5 heteroatoms. The monoisotopic (exact) mass is 251 g/mol. The third kappa shape index (κ3) is 2.72. The number of carbonyl (C=O) groups is 1. The predicted octanol–water partition coefficient (Wildman–Crippen LogP) is 1.21. The number of nitrogens with zero attached hydrogens (tertiary/aromatic N) is 2. The van der Waals surface area contributed by atoms with Gasteiger partial charge in [-0.05, 0) is 25.3 Å². The van der Waals surface area contributed by atoms with Gasteiger partial charge in [-0.15, -0.1) is 0 Å². The Morgan fingerprint density at radius 1 is 1.61 bits per heavy atom. The Hall–Kier alpha value is -1.36. The number of hydrogen-bond acceptors (Lipinski definition) is 3. The first-order valence-electron chi connectivity index (χ1n) is 6.59. The first kappa shape index (κ1) is 13.1. The van der Waals surface area contributed by atoms with Crippen molar-refractivity contribution in [3.63, 3.8) is 0 Å². The zero-order chi connectivity index (χ0) is 13.1. The number of amides is 1. The summed E-state index contributed by atoms with van der Waals surface area (Å²) in [5.74, 6) is 0.133. The van der Waals surface area contributed by atoms with Crippen molar-refractivity contribution in [1.82, 2.24) is 15.1 Å². The van der Waals surface area contributed by atoms with Crippen LogP contribution in [-0.4, -0.2) is 45.8 Å². The molecule has 2 unspecified atom stereocenters. The molecule has 1 amide bonds. The second-order valence-corrected chi connectivity index (χ2v) is 5.08. The van der Waals surface area contributed by atoms with E-state index in [1.165, 1.54) is 0 Å². The lowest BCUT2D eigenvalue weighted by molar-refractivity contribution is 0.0688. The number of aromatic nitrogens is 2. The van der Waals surface area contributed by atoms with Crippen molar-refractivity contribution in [2.45, 2.75) is 38.7 Å². The van der Waals surface area contributed by atoms with Gasteiger partial charge >= 0.3 is 0 Å². The van der Waals surface area contributed by atoms with Gasteiger partial charge in [0.05, 0.1) is 6.10 Å². The van der Waals surface area contributed by atoms with Crippen LogP contribution in [0.5, 0.6) is 0 Å². The van der Waals surface area contributed by atoms with Gasteiger partial charge in [-0.1, -0.05) is 13.3 Å². The largest absolute Gasteiger partial charge is 0.393 e. The van der Waals surface area contributed by atoms with Crippen molar-refractivity contribution < 1.29 is 9.90 Å². The summed E-state index contributed by atoms with van der Waals surface area (Å²) in [4.78, 5) is 13.8. The van der Waals surface area contributed by atoms with Crippen LogP contribution < -0.4 is 0 Å². The minimum absolute atomic E-state index is 0.0787. The van der Waals surface area contributed by atoms with Crippen molar-refractivity contribution >= 4 is 5.91 Å². The molecule has 0 bridgehead atoms. The minimum Gasteiger partial charge on any atom is -0.393 e. The topological polar surface area (TPSA) is 69.2 Å². The Kier molecular flexibility index (Phi) is 4.01. The van der Waals surface area contributed by atoms with Crippen molar-refractivity contribution in [3.8, 4) is 0 Å². The number of hydrogen-bond donors (Lipinski definition) is 2. The zero-order valence-corrected chi connectivity index (χ0v) is 11.0. The molecular weight excluding hydrogens is 230 g/mol. The van der Waals surface area contributed by atoms with Crippen molar-refractivity contribution in [2.75, 3.05) is 13.6 Å². The summed E-state index contributed by atoms with van der Waals surface area (Å²) < 4.78 is 0. The van der Waals surface area contributed by atoms with E-state index in [0.29, 0.717) is 12.2 Å². The number of carbonyl (C=O) groups excluding carboxylic acids is 1. The molecule has 1 aliphatic rings. The summed E-state index contributed by atoms with van der Waals surface area (Å²) in [5.41, 5.74) is 1.43. The number of aliphatic hydroxyl groups is 1. The van der Waals surface area contributed by atoms with Crippen LogP contribution in [0.2, 0.25) is 0 Å². The van der Waals surface area contributed by atoms with Gasteiger partial charge < -0.3 is 10.0 Å². The van der Waals surface area contributed by atoms with E-state index in [-0.39, 0.29) is 17.9 Å². The van der Waals surface area contributed by atoms with Crippen molar-refractivity contribution in [1.29, 1.82) is 0 Å². The van der Waals surface area contributed by atoms with Gasteiger partial charge in [-0.3, -0.25) is 9.89 Å².